The van der Waals surface area contributed by atoms with E-state index in [0.717, 1.165) is 41.6 Å². The largest absolute Gasteiger partial charge is 0.409 e. The summed E-state index contributed by atoms with van der Waals surface area (Å²) < 4.78 is 42.2. The maximum absolute atomic E-state index is 14.1. The number of carbonyl (C=O) groups is 1. The molecule has 0 spiro atoms. The van der Waals surface area contributed by atoms with Crippen molar-refractivity contribution in [2.24, 2.45) is 5.41 Å². The lowest BCUT2D eigenvalue weighted by Gasteiger charge is -2.30. The number of halogens is 3. The van der Waals surface area contributed by atoms with E-state index in [1.54, 1.807) is 26.0 Å². The summed E-state index contributed by atoms with van der Waals surface area (Å²) in [6, 6.07) is 8.82. The second-order valence-corrected chi connectivity index (χ2v) is 8.26. The fraction of sp³-hybridized carbons (Fsp3) is 0.500. The number of hydrogen-bond donors (Lipinski definition) is 1. The lowest BCUT2D eigenvalue weighted by molar-refractivity contribution is -0.191. The van der Waals surface area contributed by atoms with Gasteiger partial charge < -0.3 is 0 Å². The summed E-state index contributed by atoms with van der Waals surface area (Å²) >= 11 is 0. The Bertz CT molecular complexity index is 860. The van der Waals surface area contributed by atoms with Gasteiger partial charge in [-0.2, -0.15) is 13.2 Å². The molecule has 2 aromatic rings. The minimum Gasteiger partial charge on any atom is -0.287 e. The predicted molar refractivity (Wildman–Crippen MR) is 105 cm³/mol. The first-order valence-electron chi connectivity index (χ1n) is 9.79. The summed E-state index contributed by atoms with van der Waals surface area (Å²) in [5, 5.41) is 2.40. The van der Waals surface area contributed by atoms with Gasteiger partial charge in [0.25, 0.3) is 0 Å². The van der Waals surface area contributed by atoms with Gasteiger partial charge in [-0.3, -0.25) is 10.2 Å². The van der Waals surface area contributed by atoms with Crippen molar-refractivity contribution in [1.29, 1.82) is 0 Å². The molecule has 0 aliphatic carbocycles. The third-order valence-corrected chi connectivity index (χ3v) is 5.39. The molecule has 1 aliphatic heterocycles. The van der Waals surface area contributed by atoms with E-state index >= 15 is 0 Å². The van der Waals surface area contributed by atoms with Crippen LogP contribution in [0.3, 0.4) is 0 Å². The van der Waals surface area contributed by atoms with E-state index in [0.29, 0.717) is 5.39 Å². The van der Waals surface area contributed by atoms with Crippen LogP contribution in [0.1, 0.15) is 57.2 Å². The Balaban J connectivity index is 2.00. The molecule has 1 fully saturated rings. The molecule has 1 aliphatic rings. The molecule has 3 nitrogen and oxygen atoms in total. The van der Waals surface area contributed by atoms with Crippen molar-refractivity contribution in [2.75, 3.05) is 6.54 Å². The van der Waals surface area contributed by atoms with Crippen molar-refractivity contribution in [1.82, 2.24) is 10.4 Å². The lowest BCUT2D eigenvalue weighted by atomic mass is 9.92. The second kappa shape index (κ2) is 7.74. The first-order valence-corrected chi connectivity index (χ1v) is 9.79. The molecule has 3 rings (SSSR count). The number of alkyl halides is 3. The maximum Gasteiger partial charge on any atom is 0.409 e. The fourth-order valence-corrected chi connectivity index (χ4v) is 3.83. The van der Waals surface area contributed by atoms with Crippen molar-refractivity contribution in [3.63, 3.8) is 0 Å². The Hall–Kier alpha value is -2.08. The van der Waals surface area contributed by atoms with Gasteiger partial charge in [0, 0.05) is 6.54 Å². The Morgan fingerprint density at radius 2 is 1.93 bits per heavy atom. The number of unbranched alkanes of at least 4 members (excludes halogenated alkanes) is 2. The molecule has 0 bridgehead atoms. The highest BCUT2D eigenvalue weighted by atomic mass is 19.4. The summed E-state index contributed by atoms with van der Waals surface area (Å²) in [5.41, 5.74) is 2.88. The lowest BCUT2D eigenvalue weighted by Crippen LogP contribution is -2.43. The molecule has 152 valence electrons. The van der Waals surface area contributed by atoms with E-state index in [1.165, 1.54) is 6.07 Å². The normalized spacial score (nSPS) is 18.4. The number of rotatable bonds is 6. The second-order valence-electron chi connectivity index (χ2n) is 8.26. The number of carbonyl (C=O) groups excluding carboxylic acids is 1. The number of aryl methyl sites for hydroxylation is 1. The zero-order valence-corrected chi connectivity index (χ0v) is 16.6. The quantitative estimate of drug-likeness (QED) is 0.654. The van der Waals surface area contributed by atoms with Gasteiger partial charge in [-0.15, -0.1) is 0 Å². The SMILES string of the molecule is CCCCCc1ccc2c(C(N3CC(C)(C)C(=O)N3)C(F)(F)F)cccc2c1. The molecule has 1 atom stereocenters. The predicted octanol–water partition coefficient (Wildman–Crippen LogP) is 5.55. The van der Waals surface area contributed by atoms with E-state index in [-0.39, 0.29) is 18.0 Å². The first-order chi connectivity index (χ1) is 13.1. The highest BCUT2D eigenvalue weighted by molar-refractivity contribution is 5.87. The van der Waals surface area contributed by atoms with Crippen molar-refractivity contribution in [3.05, 3.63) is 47.5 Å². The van der Waals surface area contributed by atoms with Gasteiger partial charge in [-0.25, -0.2) is 5.01 Å². The van der Waals surface area contributed by atoms with Gasteiger partial charge in [0.1, 0.15) is 0 Å². The van der Waals surface area contributed by atoms with Crippen LogP contribution in [-0.4, -0.2) is 23.6 Å². The monoisotopic (exact) mass is 392 g/mol. The highest BCUT2D eigenvalue weighted by Crippen LogP contribution is 2.42. The number of nitrogens with one attached hydrogen (secondary N) is 1. The smallest absolute Gasteiger partial charge is 0.287 e. The third kappa shape index (κ3) is 4.17. The molecule has 6 heteroatoms. The molecule has 1 N–H and O–H groups in total. The summed E-state index contributed by atoms with van der Waals surface area (Å²) in [6.07, 6.45) is -0.252. The molecule has 1 amide bonds. The van der Waals surface area contributed by atoms with Crippen LogP contribution in [0.4, 0.5) is 13.2 Å². The van der Waals surface area contributed by atoms with Gasteiger partial charge >= 0.3 is 6.18 Å². The molecule has 1 saturated heterocycles. The van der Waals surface area contributed by atoms with E-state index in [1.807, 2.05) is 18.2 Å². The van der Waals surface area contributed by atoms with Crippen molar-refractivity contribution < 1.29 is 18.0 Å². The standard InChI is InChI=1S/C22H27F3N2O/c1-4-5-6-8-15-11-12-17-16(13-15)9-7-10-18(17)19(22(23,24)25)27-14-21(2,3)20(28)26-27/h7,9-13,19H,4-6,8,14H2,1-3H3,(H,26,28). The van der Waals surface area contributed by atoms with Gasteiger partial charge in [-0.05, 0) is 48.6 Å². The fourth-order valence-electron chi connectivity index (χ4n) is 3.83. The Morgan fingerprint density at radius 1 is 1.18 bits per heavy atom. The molecule has 1 heterocycles. The Kier molecular flexibility index (Phi) is 5.71. The van der Waals surface area contributed by atoms with Crippen LogP contribution >= 0.6 is 0 Å². The van der Waals surface area contributed by atoms with Crippen molar-refractivity contribution in [3.8, 4) is 0 Å². The Morgan fingerprint density at radius 3 is 2.54 bits per heavy atom. The molecule has 2 aromatic carbocycles. The number of fused-ring (bicyclic) bond motifs is 1. The molecular weight excluding hydrogens is 365 g/mol. The highest BCUT2D eigenvalue weighted by Gasteiger charge is 2.51. The van der Waals surface area contributed by atoms with Crippen LogP contribution in [0, 0.1) is 5.41 Å². The molecule has 0 saturated carbocycles. The number of nitrogens with zero attached hydrogens (tertiary/aromatic N) is 1. The zero-order chi connectivity index (χ0) is 20.5. The summed E-state index contributed by atoms with van der Waals surface area (Å²) in [5.74, 6) is -0.389. The average molecular weight is 392 g/mol. The number of hydrogen-bond acceptors (Lipinski definition) is 2. The zero-order valence-electron chi connectivity index (χ0n) is 16.6. The molecule has 0 radical (unpaired) electrons. The van der Waals surface area contributed by atoms with Crippen LogP contribution in [0.25, 0.3) is 10.8 Å². The van der Waals surface area contributed by atoms with Crippen molar-refractivity contribution in [2.45, 2.75) is 58.7 Å². The summed E-state index contributed by atoms with van der Waals surface area (Å²) in [4.78, 5) is 12.1. The number of benzene rings is 2. The van der Waals surface area contributed by atoms with Crippen LogP contribution < -0.4 is 5.43 Å². The van der Waals surface area contributed by atoms with Crippen molar-refractivity contribution >= 4 is 16.7 Å². The summed E-state index contributed by atoms with van der Waals surface area (Å²) in [7, 11) is 0. The topological polar surface area (TPSA) is 32.3 Å². The minimum absolute atomic E-state index is 0.00149. The maximum atomic E-state index is 14.1. The minimum atomic E-state index is -4.51. The van der Waals surface area contributed by atoms with Crippen LogP contribution in [0.5, 0.6) is 0 Å². The molecule has 1 unspecified atom stereocenters. The Labute approximate surface area is 163 Å². The van der Waals surface area contributed by atoms with Crippen LogP contribution in [-0.2, 0) is 11.2 Å². The van der Waals surface area contributed by atoms with E-state index < -0.39 is 17.6 Å². The van der Waals surface area contributed by atoms with Gasteiger partial charge in [-0.1, -0.05) is 56.2 Å². The first kappa shape index (κ1) is 20.6. The average Bonchev–Trinajstić information content (AvgIpc) is 2.86. The van der Waals surface area contributed by atoms with E-state index in [9.17, 15) is 18.0 Å². The van der Waals surface area contributed by atoms with Gasteiger partial charge in [0.2, 0.25) is 5.91 Å². The number of amides is 1. The van der Waals surface area contributed by atoms with Gasteiger partial charge in [0.05, 0.1) is 5.41 Å². The molecule has 0 aromatic heterocycles. The van der Waals surface area contributed by atoms with Crippen LogP contribution in [0.2, 0.25) is 0 Å². The van der Waals surface area contributed by atoms with Crippen LogP contribution in [0.15, 0.2) is 36.4 Å². The third-order valence-electron chi connectivity index (χ3n) is 5.39. The van der Waals surface area contributed by atoms with Gasteiger partial charge in [0.15, 0.2) is 6.04 Å². The summed E-state index contributed by atoms with van der Waals surface area (Å²) in [6.45, 7) is 5.45. The molecular formula is C22H27F3N2O. The molecule has 28 heavy (non-hydrogen) atoms. The van der Waals surface area contributed by atoms with E-state index in [2.05, 4.69) is 12.3 Å². The van der Waals surface area contributed by atoms with E-state index in [4.69, 9.17) is 0 Å². The number of hydrazine groups is 1.